The SMILES string of the molecule is CC(CCCCCC=CC1CC1C(=O)NS(=O)(=O)C1(C)CC1)C(=O)N1CC(O)CC1C(N)=O. The molecule has 4 N–H and O–H groups in total. The van der Waals surface area contributed by atoms with E-state index in [-0.39, 0.29) is 42.5 Å². The molecule has 3 aliphatic rings. The van der Waals surface area contributed by atoms with E-state index in [1.165, 1.54) is 4.90 Å². The van der Waals surface area contributed by atoms with Crippen LogP contribution in [0.2, 0.25) is 0 Å². The fourth-order valence-corrected chi connectivity index (χ4v) is 5.70. The quantitative estimate of drug-likeness (QED) is 0.281. The summed E-state index contributed by atoms with van der Waals surface area (Å²) >= 11 is 0. The maximum absolute atomic E-state index is 12.6. The fraction of sp³-hybridized carbons (Fsp3) is 0.783. The van der Waals surface area contributed by atoms with Crippen LogP contribution < -0.4 is 10.5 Å². The topological polar surface area (TPSA) is 147 Å². The Hall–Kier alpha value is -1.94. The summed E-state index contributed by atoms with van der Waals surface area (Å²) in [6.07, 6.45) is 9.82. The molecule has 0 bridgehead atoms. The van der Waals surface area contributed by atoms with Gasteiger partial charge in [0.15, 0.2) is 0 Å². The molecule has 5 unspecified atom stereocenters. The first-order valence-electron chi connectivity index (χ1n) is 12.0. The zero-order valence-corrected chi connectivity index (χ0v) is 20.4. The number of allylic oxidation sites excluding steroid dienone is 2. The summed E-state index contributed by atoms with van der Waals surface area (Å²) in [6, 6.07) is -0.717. The first-order chi connectivity index (χ1) is 15.4. The molecule has 2 saturated carbocycles. The maximum Gasteiger partial charge on any atom is 0.240 e. The van der Waals surface area contributed by atoms with Gasteiger partial charge in [0, 0.05) is 24.8 Å². The molecular weight excluding hydrogens is 446 g/mol. The summed E-state index contributed by atoms with van der Waals surface area (Å²) in [5.74, 6) is -1.47. The number of unbranched alkanes of at least 4 members (excludes halogenated alkanes) is 3. The number of hydrogen-bond donors (Lipinski definition) is 3. The molecular formula is C23H37N3O6S. The van der Waals surface area contributed by atoms with Gasteiger partial charge in [-0.1, -0.05) is 31.9 Å². The monoisotopic (exact) mass is 483 g/mol. The molecule has 1 aliphatic heterocycles. The van der Waals surface area contributed by atoms with Gasteiger partial charge in [0.1, 0.15) is 6.04 Å². The van der Waals surface area contributed by atoms with Crippen LogP contribution in [0.25, 0.3) is 0 Å². The van der Waals surface area contributed by atoms with E-state index in [0.717, 1.165) is 25.7 Å². The standard InChI is InChI=1S/C23H37N3O6S/c1-15(22(30)26-14-17(27)13-19(26)20(24)28)8-6-4-3-5-7-9-16-12-18(16)21(29)25-33(31,32)23(2)10-11-23/h7,9,15-19,27H,3-6,8,10-14H2,1-2H3,(H2,24,28)(H,25,29). The number of carbonyl (C=O) groups is 3. The van der Waals surface area contributed by atoms with Crippen LogP contribution in [0.1, 0.15) is 71.6 Å². The van der Waals surface area contributed by atoms with Crippen molar-refractivity contribution in [3.63, 3.8) is 0 Å². The Labute approximate surface area is 196 Å². The number of likely N-dealkylation sites (tertiary alicyclic amines) is 1. The molecule has 2 aliphatic carbocycles. The number of amides is 3. The second-order valence-corrected chi connectivity index (χ2v) is 12.4. The van der Waals surface area contributed by atoms with Crippen molar-refractivity contribution in [2.45, 2.75) is 88.5 Å². The van der Waals surface area contributed by atoms with Crippen LogP contribution in [-0.4, -0.2) is 59.6 Å². The van der Waals surface area contributed by atoms with Gasteiger partial charge >= 0.3 is 0 Å². The molecule has 0 aromatic rings. The molecule has 0 aromatic carbocycles. The Kier molecular flexibility index (Phi) is 7.88. The van der Waals surface area contributed by atoms with Gasteiger partial charge in [0.05, 0.1) is 10.9 Å². The van der Waals surface area contributed by atoms with E-state index in [1.54, 1.807) is 6.92 Å². The number of β-amino-alcohol motifs (C(OH)–C–C–N with tert-alkyl or cyclic N) is 1. The average molecular weight is 484 g/mol. The van der Waals surface area contributed by atoms with Gasteiger partial charge < -0.3 is 15.7 Å². The van der Waals surface area contributed by atoms with Crippen molar-refractivity contribution in [2.24, 2.45) is 23.5 Å². The molecule has 33 heavy (non-hydrogen) atoms. The molecule has 9 nitrogen and oxygen atoms in total. The average Bonchev–Trinajstić information content (AvgIpc) is 3.64. The number of carbonyl (C=O) groups excluding carboxylic acids is 3. The number of aliphatic hydroxyl groups is 1. The Balaban J connectivity index is 1.28. The van der Waals surface area contributed by atoms with E-state index in [9.17, 15) is 27.9 Å². The minimum Gasteiger partial charge on any atom is -0.391 e. The number of nitrogens with one attached hydrogen (secondary N) is 1. The Morgan fingerprint density at radius 1 is 1.21 bits per heavy atom. The van der Waals surface area contributed by atoms with Gasteiger partial charge in [-0.15, -0.1) is 0 Å². The number of hydrogen-bond acceptors (Lipinski definition) is 6. The fourth-order valence-electron chi connectivity index (χ4n) is 4.40. The van der Waals surface area contributed by atoms with E-state index < -0.39 is 32.8 Å². The van der Waals surface area contributed by atoms with Gasteiger partial charge in [-0.3, -0.25) is 19.1 Å². The van der Waals surface area contributed by atoms with E-state index in [2.05, 4.69) is 4.72 Å². The van der Waals surface area contributed by atoms with Gasteiger partial charge in [0.2, 0.25) is 27.7 Å². The van der Waals surface area contributed by atoms with Crippen molar-refractivity contribution in [3.8, 4) is 0 Å². The smallest absolute Gasteiger partial charge is 0.240 e. The van der Waals surface area contributed by atoms with E-state index in [4.69, 9.17) is 5.73 Å². The van der Waals surface area contributed by atoms with Crippen LogP contribution in [0, 0.1) is 17.8 Å². The molecule has 10 heteroatoms. The summed E-state index contributed by atoms with van der Waals surface area (Å²) in [5.41, 5.74) is 5.35. The van der Waals surface area contributed by atoms with Gasteiger partial charge in [-0.25, -0.2) is 8.42 Å². The summed E-state index contributed by atoms with van der Waals surface area (Å²) in [4.78, 5) is 37.7. The highest BCUT2D eigenvalue weighted by Gasteiger charge is 2.52. The van der Waals surface area contributed by atoms with Crippen molar-refractivity contribution in [3.05, 3.63) is 12.2 Å². The first-order valence-corrected chi connectivity index (χ1v) is 13.4. The molecule has 3 amide bonds. The van der Waals surface area contributed by atoms with Gasteiger partial charge in [0.25, 0.3) is 0 Å². The largest absolute Gasteiger partial charge is 0.391 e. The minimum atomic E-state index is -3.56. The molecule has 0 aromatic heterocycles. The number of sulfonamides is 1. The number of nitrogens with two attached hydrogens (primary N) is 1. The zero-order valence-electron chi connectivity index (χ0n) is 19.5. The van der Waals surface area contributed by atoms with Crippen LogP contribution in [0.15, 0.2) is 12.2 Å². The second-order valence-electron chi connectivity index (χ2n) is 10.2. The highest BCUT2D eigenvalue weighted by molar-refractivity contribution is 7.91. The lowest BCUT2D eigenvalue weighted by Crippen LogP contribution is -2.45. The normalized spacial score (nSPS) is 29.1. The second kappa shape index (κ2) is 10.1. The Bertz CT molecular complexity index is 898. The highest BCUT2D eigenvalue weighted by atomic mass is 32.2. The van der Waals surface area contributed by atoms with E-state index >= 15 is 0 Å². The highest BCUT2D eigenvalue weighted by Crippen LogP contribution is 2.44. The molecule has 1 heterocycles. The molecule has 0 spiro atoms. The van der Waals surface area contributed by atoms with Crippen LogP contribution in [0.4, 0.5) is 0 Å². The predicted octanol–water partition coefficient (Wildman–Crippen LogP) is 1.21. The third kappa shape index (κ3) is 6.35. The van der Waals surface area contributed by atoms with Crippen molar-refractivity contribution < 1.29 is 27.9 Å². The van der Waals surface area contributed by atoms with Crippen molar-refractivity contribution >= 4 is 27.7 Å². The number of nitrogens with zero attached hydrogens (tertiary/aromatic N) is 1. The molecule has 186 valence electrons. The van der Waals surface area contributed by atoms with Gasteiger partial charge in [-0.2, -0.15) is 0 Å². The van der Waals surface area contributed by atoms with Crippen LogP contribution in [0.5, 0.6) is 0 Å². The summed E-state index contributed by atoms with van der Waals surface area (Å²) < 4.78 is 25.8. The molecule has 1 saturated heterocycles. The maximum atomic E-state index is 12.6. The third-order valence-electron chi connectivity index (χ3n) is 7.22. The lowest BCUT2D eigenvalue weighted by Gasteiger charge is -2.25. The van der Waals surface area contributed by atoms with Crippen molar-refractivity contribution in [2.75, 3.05) is 6.54 Å². The van der Waals surface area contributed by atoms with Gasteiger partial charge in [-0.05, 0) is 51.4 Å². The number of primary amides is 1. The van der Waals surface area contributed by atoms with Crippen LogP contribution in [0.3, 0.4) is 0 Å². The summed E-state index contributed by atoms with van der Waals surface area (Å²) in [6.45, 7) is 3.66. The molecule has 0 radical (unpaired) electrons. The molecule has 3 fully saturated rings. The first kappa shape index (κ1) is 25.7. The summed E-state index contributed by atoms with van der Waals surface area (Å²) in [7, 11) is -3.56. The minimum absolute atomic E-state index is 0.110. The molecule has 3 rings (SSSR count). The number of aliphatic hydroxyl groups excluding tert-OH is 1. The van der Waals surface area contributed by atoms with Crippen molar-refractivity contribution in [1.82, 2.24) is 9.62 Å². The van der Waals surface area contributed by atoms with E-state index in [1.807, 2.05) is 19.1 Å². The zero-order chi connectivity index (χ0) is 24.4. The lowest BCUT2D eigenvalue weighted by molar-refractivity contribution is -0.140. The van der Waals surface area contributed by atoms with Crippen molar-refractivity contribution in [1.29, 1.82) is 0 Å². The van der Waals surface area contributed by atoms with Crippen LogP contribution in [-0.2, 0) is 24.4 Å². The third-order valence-corrected chi connectivity index (χ3v) is 9.39. The number of rotatable bonds is 12. The summed E-state index contributed by atoms with van der Waals surface area (Å²) in [5, 5.41) is 9.76. The Morgan fingerprint density at radius 2 is 1.91 bits per heavy atom. The van der Waals surface area contributed by atoms with Crippen LogP contribution >= 0.6 is 0 Å². The lowest BCUT2D eigenvalue weighted by atomic mass is 10.0. The van der Waals surface area contributed by atoms with E-state index in [0.29, 0.717) is 25.7 Å². The molecule has 5 atom stereocenters. The predicted molar refractivity (Wildman–Crippen MR) is 123 cm³/mol. The Morgan fingerprint density at radius 3 is 2.55 bits per heavy atom.